The Morgan fingerprint density at radius 1 is 1.20 bits per heavy atom. The van der Waals surface area contributed by atoms with Gasteiger partial charge in [-0.3, -0.25) is 9.59 Å². The van der Waals surface area contributed by atoms with Crippen LogP contribution in [0.5, 0.6) is 0 Å². The molecule has 4 heteroatoms. The summed E-state index contributed by atoms with van der Waals surface area (Å²) >= 11 is 0. The first kappa shape index (κ1) is 13.9. The third-order valence-electron chi connectivity index (χ3n) is 5.75. The maximum Gasteiger partial charge on any atom is 0.325 e. The first-order chi connectivity index (χ1) is 9.36. The molecule has 0 radical (unpaired) electrons. The minimum absolute atomic E-state index is 0.0726. The number of esters is 1. The van der Waals surface area contributed by atoms with Gasteiger partial charge in [0.2, 0.25) is 5.91 Å². The zero-order chi connectivity index (χ0) is 14.5. The van der Waals surface area contributed by atoms with Gasteiger partial charge >= 0.3 is 5.97 Å². The van der Waals surface area contributed by atoms with E-state index in [-0.39, 0.29) is 23.8 Å². The number of carbonyl (C=O) groups excluding carboxylic acids is 2. The monoisotopic (exact) mass is 279 g/mol. The van der Waals surface area contributed by atoms with E-state index in [0.29, 0.717) is 5.41 Å². The molecule has 4 aliphatic carbocycles. The van der Waals surface area contributed by atoms with Crippen molar-refractivity contribution in [3.8, 4) is 0 Å². The van der Waals surface area contributed by atoms with E-state index in [4.69, 9.17) is 0 Å². The molecule has 4 nitrogen and oxygen atoms in total. The molecule has 0 heterocycles. The Morgan fingerprint density at radius 3 is 2.30 bits per heavy atom. The molecule has 0 aliphatic heterocycles. The van der Waals surface area contributed by atoms with Gasteiger partial charge in [0, 0.05) is 7.05 Å². The highest BCUT2D eigenvalue weighted by atomic mass is 16.5. The molecule has 4 saturated carbocycles. The van der Waals surface area contributed by atoms with Crippen LogP contribution in [0.4, 0.5) is 0 Å². The van der Waals surface area contributed by atoms with E-state index in [9.17, 15) is 9.59 Å². The Bertz CT molecular complexity index is 431. The lowest BCUT2D eigenvalue weighted by Gasteiger charge is -2.60. The molecule has 112 valence electrons. The summed E-state index contributed by atoms with van der Waals surface area (Å²) in [6.45, 7) is 2.43. The number of methoxy groups -OCH3 is 1. The van der Waals surface area contributed by atoms with Crippen LogP contribution in [0.25, 0.3) is 0 Å². The van der Waals surface area contributed by atoms with Crippen LogP contribution in [0.2, 0.25) is 0 Å². The summed E-state index contributed by atoms with van der Waals surface area (Å²) < 4.78 is 4.68. The molecule has 0 aromatic carbocycles. The highest BCUT2D eigenvalue weighted by molar-refractivity contribution is 5.86. The van der Waals surface area contributed by atoms with Crippen molar-refractivity contribution >= 4 is 11.9 Å². The number of carbonyl (C=O) groups is 2. The lowest BCUT2D eigenvalue weighted by atomic mass is 9.44. The number of likely N-dealkylation sites (N-methyl/N-ethyl adjacent to an activating group) is 1. The van der Waals surface area contributed by atoms with Crippen molar-refractivity contribution in [3.63, 3.8) is 0 Å². The molecule has 20 heavy (non-hydrogen) atoms. The Labute approximate surface area is 120 Å². The third kappa shape index (κ3) is 2.13. The predicted octanol–water partition coefficient (Wildman–Crippen LogP) is 2.22. The van der Waals surface area contributed by atoms with Gasteiger partial charge in [0.15, 0.2) is 0 Å². The molecule has 0 aromatic rings. The molecule has 1 amide bonds. The highest BCUT2D eigenvalue weighted by Gasteiger charge is 2.59. The van der Waals surface area contributed by atoms with Crippen LogP contribution in [0.1, 0.15) is 45.4 Å². The van der Waals surface area contributed by atoms with Crippen LogP contribution >= 0.6 is 0 Å². The van der Waals surface area contributed by atoms with E-state index in [1.165, 1.54) is 26.4 Å². The van der Waals surface area contributed by atoms with Gasteiger partial charge in [-0.25, -0.2) is 0 Å². The van der Waals surface area contributed by atoms with Crippen molar-refractivity contribution in [3.05, 3.63) is 0 Å². The summed E-state index contributed by atoms with van der Waals surface area (Å²) in [5.74, 6) is 1.27. The number of amides is 1. The molecule has 0 aromatic heterocycles. The molecule has 4 bridgehead atoms. The van der Waals surface area contributed by atoms with Crippen LogP contribution < -0.4 is 0 Å². The number of hydrogen-bond donors (Lipinski definition) is 0. The van der Waals surface area contributed by atoms with E-state index in [2.05, 4.69) is 11.7 Å². The second kappa shape index (κ2) is 4.47. The van der Waals surface area contributed by atoms with Gasteiger partial charge < -0.3 is 9.64 Å². The van der Waals surface area contributed by atoms with E-state index >= 15 is 0 Å². The normalized spacial score (nSPS) is 41.5. The van der Waals surface area contributed by atoms with Gasteiger partial charge in [0.1, 0.15) is 6.54 Å². The molecule has 2 unspecified atom stereocenters. The standard InChI is InChI=1S/C16H25NO3/c1-15-5-11-4-12(6-15)8-16(7-11,10-15)14(19)17(2)9-13(18)20-3/h11-12H,4-10H2,1-3H3. The van der Waals surface area contributed by atoms with Crippen molar-refractivity contribution in [2.45, 2.75) is 45.4 Å². The Kier molecular flexibility index (Phi) is 3.11. The molecule has 0 saturated heterocycles. The van der Waals surface area contributed by atoms with E-state index in [1.807, 2.05) is 0 Å². The van der Waals surface area contributed by atoms with E-state index < -0.39 is 0 Å². The zero-order valence-corrected chi connectivity index (χ0v) is 12.8. The largest absolute Gasteiger partial charge is 0.468 e. The fourth-order valence-corrected chi connectivity index (χ4v) is 5.71. The lowest BCUT2D eigenvalue weighted by molar-refractivity contribution is -0.167. The topological polar surface area (TPSA) is 46.6 Å². The summed E-state index contributed by atoms with van der Waals surface area (Å²) in [4.78, 5) is 25.9. The predicted molar refractivity (Wildman–Crippen MR) is 74.9 cm³/mol. The fraction of sp³-hybridized carbons (Fsp3) is 0.875. The molecule has 2 atom stereocenters. The molecule has 4 fully saturated rings. The van der Waals surface area contributed by atoms with Gasteiger partial charge in [0.25, 0.3) is 0 Å². The molecule has 4 aliphatic rings. The van der Waals surface area contributed by atoms with E-state index in [1.54, 1.807) is 11.9 Å². The number of ether oxygens (including phenoxy) is 1. The zero-order valence-electron chi connectivity index (χ0n) is 12.8. The van der Waals surface area contributed by atoms with Crippen molar-refractivity contribution in [2.24, 2.45) is 22.7 Å². The molecular weight excluding hydrogens is 254 g/mol. The van der Waals surface area contributed by atoms with Crippen LogP contribution in [-0.4, -0.2) is 37.5 Å². The molecular formula is C16H25NO3. The van der Waals surface area contributed by atoms with Crippen molar-refractivity contribution in [1.29, 1.82) is 0 Å². The minimum Gasteiger partial charge on any atom is -0.468 e. The summed E-state index contributed by atoms with van der Waals surface area (Å²) in [6.07, 6.45) is 6.97. The Hall–Kier alpha value is -1.06. The molecule has 0 spiro atoms. The SMILES string of the molecule is COC(=O)CN(C)C(=O)C12CC3CC(CC(C)(C3)C1)C2. The number of hydrogen-bond acceptors (Lipinski definition) is 3. The maximum absolute atomic E-state index is 12.9. The second-order valence-corrected chi connectivity index (χ2v) is 7.79. The summed E-state index contributed by atoms with van der Waals surface area (Å²) in [7, 11) is 3.10. The van der Waals surface area contributed by atoms with Gasteiger partial charge in [-0.15, -0.1) is 0 Å². The van der Waals surface area contributed by atoms with Gasteiger partial charge in [-0.05, 0) is 55.8 Å². The minimum atomic E-state index is -0.336. The Balaban J connectivity index is 1.79. The summed E-state index contributed by atoms with van der Waals surface area (Å²) in [5.41, 5.74) is 0.160. The van der Waals surface area contributed by atoms with Crippen LogP contribution in [0.15, 0.2) is 0 Å². The maximum atomic E-state index is 12.9. The van der Waals surface area contributed by atoms with Gasteiger partial charge in [0.05, 0.1) is 12.5 Å². The van der Waals surface area contributed by atoms with Crippen LogP contribution in [0, 0.1) is 22.7 Å². The average molecular weight is 279 g/mol. The first-order valence-corrected chi connectivity index (χ1v) is 7.68. The Morgan fingerprint density at radius 2 is 1.80 bits per heavy atom. The van der Waals surface area contributed by atoms with Gasteiger partial charge in [-0.2, -0.15) is 0 Å². The number of nitrogens with zero attached hydrogens (tertiary/aromatic N) is 1. The van der Waals surface area contributed by atoms with Crippen molar-refractivity contribution < 1.29 is 14.3 Å². The van der Waals surface area contributed by atoms with Crippen molar-refractivity contribution in [1.82, 2.24) is 4.90 Å². The first-order valence-electron chi connectivity index (χ1n) is 7.68. The average Bonchev–Trinajstić information content (AvgIpc) is 2.34. The highest BCUT2D eigenvalue weighted by Crippen LogP contribution is 2.65. The molecule has 4 rings (SSSR count). The number of rotatable bonds is 3. The van der Waals surface area contributed by atoms with Crippen molar-refractivity contribution in [2.75, 3.05) is 20.7 Å². The van der Waals surface area contributed by atoms with E-state index in [0.717, 1.165) is 31.1 Å². The lowest BCUT2D eigenvalue weighted by Crippen LogP contribution is -2.57. The quantitative estimate of drug-likeness (QED) is 0.744. The smallest absolute Gasteiger partial charge is 0.325 e. The molecule has 0 N–H and O–H groups in total. The second-order valence-electron chi connectivity index (χ2n) is 7.79. The summed E-state index contributed by atoms with van der Waals surface area (Å²) in [6, 6.07) is 0. The van der Waals surface area contributed by atoms with Crippen LogP contribution in [0.3, 0.4) is 0 Å². The van der Waals surface area contributed by atoms with Gasteiger partial charge in [-0.1, -0.05) is 6.92 Å². The summed E-state index contributed by atoms with van der Waals surface area (Å²) in [5, 5.41) is 0. The third-order valence-corrected chi connectivity index (χ3v) is 5.75. The fourth-order valence-electron chi connectivity index (χ4n) is 5.71. The van der Waals surface area contributed by atoms with Crippen LogP contribution in [-0.2, 0) is 14.3 Å².